The fourth-order valence-electron chi connectivity index (χ4n) is 2.88. The van der Waals surface area contributed by atoms with Crippen molar-refractivity contribution in [3.05, 3.63) is 42.0 Å². The zero-order chi connectivity index (χ0) is 19.7. The number of hydrogen-bond donors (Lipinski definition) is 1. The highest BCUT2D eigenvalue weighted by atomic mass is 32.2. The third-order valence-electron chi connectivity index (χ3n) is 4.39. The molecule has 0 aromatic heterocycles. The number of amides is 2. The number of benzene rings is 1. The summed E-state index contributed by atoms with van der Waals surface area (Å²) in [7, 11) is -1.01. The van der Waals surface area contributed by atoms with Crippen LogP contribution in [0, 0.1) is 0 Å². The van der Waals surface area contributed by atoms with E-state index in [1.807, 2.05) is 0 Å². The second-order valence-corrected chi connectivity index (χ2v) is 7.83. The smallest absolute Gasteiger partial charge is 0.269 e. The molecule has 0 spiro atoms. The first kappa shape index (κ1) is 19.5. The normalized spacial score (nSPS) is 25.6. The molecule has 1 aromatic carbocycles. The van der Waals surface area contributed by atoms with Crippen molar-refractivity contribution in [2.75, 3.05) is 27.3 Å². The predicted octanol–water partition coefficient (Wildman–Crippen LogP) is 0.239. The number of carbonyl (C=O) groups is 2. The summed E-state index contributed by atoms with van der Waals surface area (Å²) in [6.07, 6.45) is 2.53. The molecule has 2 heterocycles. The lowest BCUT2D eigenvalue weighted by Crippen LogP contribution is -2.45. The zero-order valence-corrected chi connectivity index (χ0v) is 15.7. The summed E-state index contributed by atoms with van der Waals surface area (Å²) < 4.78 is 41.5. The summed E-state index contributed by atoms with van der Waals surface area (Å²) in [4.78, 5) is 24.4. The van der Waals surface area contributed by atoms with Gasteiger partial charge in [-0.3, -0.25) is 9.59 Å². The zero-order valence-electron chi connectivity index (χ0n) is 14.9. The molecule has 27 heavy (non-hydrogen) atoms. The summed E-state index contributed by atoms with van der Waals surface area (Å²) in [5, 5.41) is 2.62. The average molecular weight is 396 g/mol. The Morgan fingerprint density at radius 2 is 2.07 bits per heavy atom. The lowest BCUT2D eigenvalue weighted by Gasteiger charge is -2.27. The maximum atomic E-state index is 12.5. The van der Waals surface area contributed by atoms with Crippen LogP contribution < -0.4 is 5.32 Å². The van der Waals surface area contributed by atoms with E-state index in [4.69, 9.17) is 14.2 Å². The highest BCUT2D eigenvalue weighted by molar-refractivity contribution is 7.90. The van der Waals surface area contributed by atoms with E-state index in [2.05, 4.69) is 5.32 Å². The number of carbonyl (C=O) groups excluding carboxylic acids is 2. The summed E-state index contributed by atoms with van der Waals surface area (Å²) in [6.45, 7) is -0.237. The predicted molar refractivity (Wildman–Crippen MR) is 93.1 cm³/mol. The van der Waals surface area contributed by atoms with Crippen molar-refractivity contribution in [2.45, 2.75) is 23.4 Å². The Labute approximate surface area is 156 Å². The number of nitrogens with zero attached hydrogens (tertiary/aromatic N) is 1. The molecular weight excluding hydrogens is 376 g/mol. The molecule has 2 atom stereocenters. The molecule has 0 saturated heterocycles. The molecule has 2 amide bonds. The van der Waals surface area contributed by atoms with Crippen molar-refractivity contribution in [3.63, 3.8) is 0 Å². The first-order chi connectivity index (χ1) is 12.8. The van der Waals surface area contributed by atoms with Crippen LogP contribution >= 0.6 is 0 Å². The van der Waals surface area contributed by atoms with Gasteiger partial charge in [0.2, 0.25) is 11.7 Å². The van der Waals surface area contributed by atoms with Crippen LogP contribution in [0.25, 0.3) is 0 Å². The van der Waals surface area contributed by atoms with Crippen molar-refractivity contribution in [1.29, 1.82) is 0 Å². The van der Waals surface area contributed by atoms with Crippen molar-refractivity contribution in [2.24, 2.45) is 0 Å². The van der Waals surface area contributed by atoms with Crippen molar-refractivity contribution in [3.8, 4) is 0 Å². The number of fused-ring (bicyclic) bond motifs is 1. The Morgan fingerprint density at radius 3 is 2.70 bits per heavy atom. The van der Waals surface area contributed by atoms with E-state index in [0.717, 1.165) is 4.31 Å². The lowest BCUT2D eigenvalue weighted by atomic mass is 10.2. The van der Waals surface area contributed by atoms with E-state index in [-0.39, 0.29) is 30.0 Å². The van der Waals surface area contributed by atoms with Gasteiger partial charge in [0.25, 0.3) is 15.9 Å². The fraction of sp³-hybridized carbons (Fsp3) is 0.412. The van der Waals surface area contributed by atoms with Gasteiger partial charge >= 0.3 is 0 Å². The molecule has 1 aromatic rings. The van der Waals surface area contributed by atoms with Gasteiger partial charge in [-0.2, -0.15) is 0 Å². The van der Waals surface area contributed by atoms with Crippen LogP contribution in [0.4, 0.5) is 0 Å². The summed E-state index contributed by atoms with van der Waals surface area (Å²) in [5.41, 5.74) is 0.117. The van der Waals surface area contributed by atoms with Crippen LogP contribution in [0.2, 0.25) is 0 Å². The van der Waals surface area contributed by atoms with Crippen LogP contribution in [0.5, 0.6) is 0 Å². The van der Waals surface area contributed by atoms with E-state index >= 15 is 0 Å². The fourth-order valence-corrected chi connectivity index (χ4v) is 4.45. The monoisotopic (exact) mass is 396 g/mol. The average Bonchev–Trinajstić information content (AvgIpc) is 3.17. The van der Waals surface area contributed by atoms with Crippen molar-refractivity contribution < 1.29 is 32.2 Å². The van der Waals surface area contributed by atoms with Crippen LogP contribution in [-0.4, -0.2) is 63.9 Å². The van der Waals surface area contributed by atoms with Crippen molar-refractivity contribution >= 4 is 21.8 Å². The second-order valence-electron chi connectivity index (χ2n) is 6.00. The molecule has 146 valence electrons. The van der Waals surface area contributed by atoms with Gasteiger partial charge in [-0.05, 0) is 24.3 Å². The van der Waals surface area contributed by atoms with E-state index in [0.29, 0.717) is 0 Å². The number of hydrogen-bond acceptors (Lipinski definition) is 7. The lowest BCUT2D eigenvalue weighted by molar-refractivity contribution is -0.239. The van der Waals surface area contributed by atoms with Crippen LogP contribution in [0.1, 0.15) is 16.8 Å². The minimum Gasteiger partial charge on any atom is -0.352 e. The Bertz CT molecular complexity index is 883. The standard InChI is InChI=1S/C17H20N2O7S/c1-24-15-7-9-17(25-2,26-15)11-18-14(20)8-10-19-16(21)12-5-3-4-6-13(12)27(19,22)23/h3-7,9,15H,8,10-11H2,1-2H3,(H,18,20)/t15-,17+/m1/s1. The summed E-state index contributed by atoms with van der Waals surface area (Å²) in [5.74, 6) is -2.22. The van der Waals surface area contributed by atoms with Crippen LogP contribution in [-0.2, 0) is 29.0 Å². The molecule has 0 aliphatic carbocycles. The molecule has 0 bridgehead atoms. The number of sulfonamides is 1. The Morgan fingerprint density at radius 1 is 1.33 bits per heavy atom. The molecule has 0 saturated carbocycles. The Kier molecular flexibility index (Phi) is 5.33. The van der Waals surface area contributed by atoms with Gasteiger partial charge in [0.15, 0.2) is 6.29 Å². The highest BCUT2D eigenvalue weighted by Crippen LogP contribution is 2.30. The molecule has 0 radical (unpaired) electrons. The van der Waals surface area contributed by atoms with Gasteiger partial charge in [0, 0.05) is 27.2 Å². The first-order valence-corrected chi connectivity index (χ1v) is 9.65. The molecule has 3 rings (SSSR count). The van der Waals surface area contributed by atoms with Gasteiger partial charge in [0.05, 0.1) is 12.1 Å². The van der Waals surface area contributed by atoms with E-state index in [9.17, 15) is 18.0 Å². The van der Waals surface area contributed by atoms with Gasteiger partial charge in [-0.1, -0.05) is 12.1 Å². The van der Waals surface area contributed by atoms with Gasteiger partial charge in [0.1, 0.15) is 4.90 Å². The molecule has 0 fully saturated rings. The molecule has 9 nitrogen and oxygen atoms in total. The number of ether oxygens (including phenoxy) is 3. The topological polar surface area (TPSA) is 111 Å². The van der Waals surface area contributed by atoms with Crippen LogP contribution in [0.15, 0.2) is 41.3 Å². The quantitative estimate of drug-likeness (QED) is 0.657. The molecule has 0 unspecified atom stereocenters. The molecular formula is C17H20N2O7S. The molecule has 1 N–H and O–H groups in total. The number of methoxy groups -OCH3 is 2. The van der Waals surface area contributed by atoms with Gasteiger partial charge in [-0.25, -0.2) is 12.7 Å². The SMILES string of the molecule is CO[C@H]1C=C[C@](CNC(=O)CCN2C(=O)c3ccccc3S2(=O)=O)(OC)O1. The molecule has 10 heteroatoms. The van der Waals surface area contributed by atoms with Gasteiger partial charge in [-0.15, -0.1) is 0 Å². The summed E-state index contributed by atoms with van der Waals surface area (Å²) in [6, 6.07) is 5.97. The minimum absolute atomic E-state index is 0.0135. The third-order valence-corrected chi connectivity index (χ3v) is 6.23. The minimum atomic E-state index is -3.92. The van der Waals surface area contributed by atoms with E-state index in [1.54, 1.807) is 24.3 Å². The number of nitrogens with one attached hydrogen (secondary N) is 1. The third kappa shape index (κ3) is 3.61. The Hall–Kier alpha value is -2.27. The Balaban J connectivity index is 1.57. The molecule has 2 aliphatic heterocycles. The highest BCUT2D eigenvalue weighted by Gasteiger charge is 2.41. The van der Waals surface area contributed by atoms with Crippen LogP contribution in [0.3, 0.4) is 0 Å². The van der Waals surface area contributed by atoms with Gasteiger partial charge < -0.3 is 19.5 Å². The number of rotatable bonds is 7. The first-order valence-electron chi connectivity index (χ1n) is 8.21. The molecule has 2 aliphatic rings. The van der Waals surface area contributed by atoms with E-state index < -0.39 is 33.9 Å². The summed E-state index contributed by atoms with van der Waals surface area (Å²) >= 11 is 0. The maximum absolute atomic E-state index is 12.5. The second kappa shape index (κ2) is 7.39. The van der Waals surface area contributed by atoms with Crippen molar-refractivity contribution in [1.82, 2.24) is 9.62 Å². The maximum Gasteiger partial charge on any atom is 0.269 e. The largest absolute Gasteiger partial charge is 0.352 e. The van der Waals surface area contributed by atoms with E-state index in [1.165, 1.54) is 26.4 Å².